The van der Waals surface area contributed by atoms with E-state index in [9.17, 15) is 4.79 Å². The molecule has 0 bridgehead atoms. The van der Waals surface area contributed by atoms with Crippen LogP contribution in [0, 0.1) is 6.92 Å². The maximum atomic E-state index is 11.0. The number of nitrogen functional groups attached to an aromatic ring is 1. The SMILES string of the molecule is CCOC(=O)Cn1nc(C)cc1N.Cl. The number of aryl methyl sites for hydroxylation is 1. The first-order chi connectivity index (χ1) is 6.13. The number of hydrogen-bond acceptors (Lipinski definition) is 4. The summed E-state index contributed by atoms with van der Waals surface area (Å²) in [6.45, 7) is 4.03. The molecule has 1 aromatic heterocycles. The summed E-state index contributed by atoms with van der Waals surface area (Å²) in [7, 11) is 0. The Hall–Kier alpha value is -1.23. The minimum absolute atomic E-state index is 0. The highest BCUT2D eigenvalue weighted by molar-refractivity contribution is 5.85. The summed E-state index contributed by atoms with van der Waals surface area (Å²) in [6.07, 6.45) is 0. The van der Waals surface area contributed by atoms with Gasteiger partial charge in [0.2, 0.25) is 0 Å². The molecule has 5 nitrogen and oxygen atoms in total. The van der Waals surface area contributed by atoms with Crippen LogP contribution >= 0.6 is 12.4 Å². The summed E-state index contributed by atoms with van der Waals surface area (Å²) < 4.78 is 6.18. The molecule has 0 spiro atoms. The van der Waals surface area contributed by atoms with E-state index in [1.165, 1.54) is 4.68 Å². The Morgan fingerprint density at radius 1 is 1.71 bits per heavy atom. The molecule has 0 aliphatic rings. The molecule has 0 fully saturated rings. The summed E-state index contributed by atoms with van der Waals surface area (Å²) in [5.41, 5.74) is 6.37. The Kier molecular flexibility index (Phi) is 5.01. The van der Waals surface area contributed by atoms with Gasteiger partial charge in [0, 0.05) is 6.07 Å². The van der Waals surface area contributed by atoms with Crippen molar-refractivity contribution < 1.29 is 9.53 Å². The van der Waals surface area contributed by atoms with Gasteiger partial charge < -0.3 is 10.5 Å². The van der Waals surface area contributed by atoms with Gasteiger partial charge in [-0.05, 0) is 13.8 Å². The van der Waals surface area contributed by atoms with Gasteiger partial charge >= 0.3 is 5.97 Å². The highest BCUT2D eigenvalue weighted by atomic mass is 35.5. The van der Waals surface area contributed by atoms with Crippen molar-refractivity contribution >= 4 is 24.2 Å². The van der Waals surface area contributed by atoms with Gasteiger partial charge in [-0.15, -0.1) is 12.4 Å². The largest absolute Gasteiger partial charge is 0.465 e. The molecular weight excluding hydrogens is 206 g/mol. The van der Waals surface area contributed by atoms with Crippen molar-refractivity contribution in [2.45, 2.75) is 20.4 Å². The fourth-order valence-corrected chi connectivity index (χ4v) is 1.02. The maximum Gasteiger partial charge on any atom is 0.327 e. The Balaban J connectivity index is 0.00000169. The van der Waals surface area contributed by atoms with Gasteiger partial charge in [0.05, 0.1) is 12.3 Å². The van der Waals surface area contributed by atoms with Crippen LogP contribution in [0.25, 0.3) is 0 Å². The van der Waals surface area contributed by atoms with Crippen molar-refractivity contribution in [1.82, 2.24) is 9.78 Å². The van der Waals surface area contributed by atoms with Gasteiger partial charge in [0.1, 0.15) is 12.4 Å². The number of hydrogen-bond donors (Lipinski definition) is 1. The van der Waals surface area contributed by atoms with Gasteiger partial charge in [-0.2, -0.15) is 5.10 Å². The molecular formula is C8H14ClN3O2. The molecule has 80 valence electrons. The lowest BCUT2D eigenvalue weighted by molar-refractivity contribution is -0.144. The highest BCUT2D eigenvalue weighted by Crippen LogP contribution is 2.04. The van der Waals surface area contributed by atoms with Crippen LogP contribution in [0.3, 0.4) is 0 Å². The van der Waals surface area contributed by atoms with Crippen molar-refractivity contribution in [3.63, 3.8) is 0 Å². The number of rotatable bonds is 3. The molecule has 1 heterocycles. The van der Waals surface area contributed by atoms with E-state index in [1.54, 1.807) is 13.0 Å². The number of nitrogens with two attached hydrogens (primary N) is 1. The van der Waals surface area contributed by atoms with E-state index in [2.05, 4.69) is 5.10 Å². The third kappa shape index (κ3) is 3.26. The third-order valence-corrected chi connectivity index (χ3v) is 1.52. The molecule has 0 radical (unpaired) electrons. The molecule has 1 aromatic rings. The van der Waals surface area contributed by atoms with Crippen LogP contribution < -0.4 is 5.73 Å². The molecule has 14 heavy (non-hydrogen) atoms. The zero-order chi connectivity index (χ0) is 9.84. The Morgan fingerprint density at radius 2 is 2.36 bits per heavy atom. The topological polar surface area (TPSA) is 70.1 Å². The standard InChI is InChI=1S/C8H13N3O2.ClH/c1-3-13-8(12)5-11-7(9)4-6(2)10-11;/h4H,3,5,9H2,1-2H3;1H. The number of halogens is 1. The first kappa shape index (κ1) is 12.8. The quantitative estimate of drug-likeness (QED) is 0.762. The van der Waals surface area contributed by atoms with Crippen molar-refractivity contribution in [2.75, 3.05) is 12.3 Å². The van der Waals surface area contributed by atoms with Gasteiger partial charge in [-0.3, -0.25) is 4.79 Å². The summed E-state index contributed by atoms with van der Waals surface area (Å²) >= 11 is 0. The van der Waals surface area contributed by atoms with Gasteiger partial charge in [0.15, 0.2) is 0 Å². The fourth-order valence-electron chi connectivity index (χ4n) is 1.02. The van der Waals surface area contributed by atoms with Crippen molar-refractivity contribution in [1.29, 1.82) is 0 Å². The summed E-state index contributed by atoms with van der Waals surface area (Å²) in [5.74, 6) is 0.155. The summed E-state index contributed by atoms with van der Waals surface area (Å²) in [6, 6.07) is 1.71. The molecule has 0 atom stereocenters. The van der Waals surface area contributed by atoms with Crippen molar-refractivity contribution in [3.05, 3.63) is 11.8 Å². The van der Waals surface area contributed by atoms with E-state index >= 15 is 0 Å². The highest BCUT2D eigenvalue weighted by Gasteiger charge is 2.07. The molecule has 0 aliphatic carbocycles. The number of anilines is 1. The second kappa shape index (κ2) is 5.49. The second-order valence-corrected chi connectivity index (χ2v) is 2.67. The number of esters is 1. The Morgan fingerprint density at radius 3 is 2.79 bits per heavy atom. The number of nitrogens with zero attached hydrogens (tertiary/aromatic N) is 2. The van der Waals surface area contributed by atoms with Gasteiger partial charge in [-0.25, -0.2) is 4.68 Å². The minimum Gasteiger partial charge on any atom is -0.465 e. The maximum absolute atomic E-state index is 11.0. The molecule has 0 aromatic carbocycles. The lowest BCUT2D eigenvalue weighted by atomic mass is 10.5. The van der Waals surface area contributed by atoms with Crippen LogP contribution in [-0.2, 0) is 16.1 Å². The predicted molar refractivity (Wildman–Crippen MR) is 55.3 cm³/mol. The Labute approximate surface area is 88.6 Å². The van der Waals surface area contributed by atoms with Crippen LogP contribution in [0.15, 0.2) is 6.07 Å². The molecule has 0 saturated carbocycles. The van der Waals surface area contributed by atoms with E-state index in [-0.39, 0.29) is 24.9 Å². The predicted octanol–water partition coefficient (Wildman–Crippen LogP) is 0.759. The lowest BCUT2D eigenvalue weighted by Gasteiger charge is -2.02. The molecule has 1 rings (SSSR count). The minimum atomic E-state index is -0.322. The van der Waals surface area contributed by atoms with Gasteiger partial charge in [0.25, 0.3) is 0 Å². The Bertz CT molecular complexity index is 312. The summed E-state index contributed by atoms with van der Waals surface area (Å²) in [4.78, 5) is 11.0. The molecule has 0 saturated heterocycles. The zero-order valence-electron chi connectivity index (χ0n) is 8.19. The van der Waals surface area contributed by atoms with Crippen LogP contribution in [0.2, 0.25) is 0 Å². The second-order valence-electron chi connectivity index (χ2n) is 2.67. The fraction of sp³-hybridized carbons (Fsp3) is 0.500. The van der Waals surface area contributed by atoms with E-state index < -0.39 is 0 Å². The molecule has 2 N–H and O–H groups in total. The average Bonchev–Trinajstić information content (AvgIpc) is 2.30. The lowest BCUT2D eigenvalue weighted by Crippen LogP contribution is -2.16. The molecule has 0 aliphatic heterocycles. The number of carbonyl (C=O) groups is 1. The van der Waals surface area contributed by atoms with E-state index in [4.69, 9.17) is 10.5 Å². The van der Waals surface area contributed by atoms with Crippen LogP contribution in [0.4, 0.5) is 5.82 Å². The first-order valence-corrected chi connectivity index (χ1v) is 4.09. The van der Waals surface area contributed by atoms with Crippen LogP contribution in [0.1, 0.15) is 12.6 Å². The van der Waals surface area contributed by atoms with Crippen LogP contribution in [-0.4, -0.2) is 22.4 Å². The average molecular weight is 220 g/mol. The number of aromatic nitrogens is 2. The van der Waals surface area contributed by atoms with Crippen molar-refractivity contribution in [3.8, 4) is 0 Å². The van der Waals surface area contributed by atoms with E-state index in [1.807, 2.05) is 6.92 Å². The molecule has 0 unspecified atom stereocenters. The third-order valence-electron chi connectivity index (χ3n) is 1.52. The smallest absolute Gasteiger partial charge is 0.327 e. The van der Waals surface area contributed by atoms with Crippen molar-refractivity contribution in [2.24, 2.45) is 0 Å². The van der Waals surface area contributed by atoms with Crippen LogP contribution in [0.5, 0.6) is 0 Å². The normalized spacial score (nSPS) is 9.29. The first-order valence-electron chi connectivity index (χ1n) is 4.09. The number of ether oxygens (including phenoxy) is 1. The number of carbonyl (C=O) groups excluding carboxylic acids is 1. The zero-order valence-corrected chi connectivity index (χ0v) is 9.00. The van der Waals surface area contributed by atoms with Gasteiger partial charge in [-0.1, -0.05) is 0 Å². The molecule has 0 amide bonds. The monoisotopic (exact) mass is 219 g/mol. The summed E-state index contributed by atoms with van der Waals surface area (Å²) in [5, 5.41) is 4.02. The molecule has 6 heteroatoms. The van der Waals surface area contributed by atoms with E-state index in [0.29, 0.717) is 12.4 Å². The van der Waals surface area contributed by atoms with E-state index in [0.717, 1.165) is 5.69 Å².